The first kappa shape index (κ1) is 10.9. The molecule has 1 heterocycles. The lowest BCUT2D eigenvalue weighted by molar-refractivity contribution is 0.430. The van der Waals surface area contributed by atoms with Gasteiger partial charge in [-0.15, -0.1) is 0 Å². The van der Waals surface area contributed by atoms with E-state index in [1.165, 1.54) is 62.3 Å². The van der Waals surface area contributed by atoms with Crippen molar-refractivity contribution in [2.75, 3.05) is 5.75 Å². The predicted molar refractivity (Wildman–Crippen MR) is 71.1 cm³/mol. The van der Waals surface area contributed by atoms with Gasteiger partial charge in [0.1, 0.15) is 0 Å². The quantitative estimate of drug-likeness (QED) is 0.758. The van der Waals surface area contributed by atoms with E-state index in [1.54, 1.807) is 0 Å². The normalized spacial score (nSPS) is 30.9. The molecule has 0 unspecified atom stereocenters. The molecule has 3 aliphatic rings. The lowest BCUT2D eigenvalue weighted by Gasteiger charge is -2.26. The van der Waals surface area contributed by atoms with Gasteiger partial charge in [0.15, 0.2) is 5.17 Å². The molecule has 0 aromatic heterocycles. The molecule has 0 saturated heterocycles. The summed E-state index contributed by atoms with van der Waals surface area (Å²) < 4.78 is 0. The molecule has 0 amide bonds. The van der Waals surface area contributed by atoms with Gasteiger partial charge in [-0.05, 0) is 32.6 Å². The zero-order valence-corrected chi connectivity index (χ0v) is 11.0. The molecule has 16 heavy (non-hydrogen) atoms. The van der Waals surface area contributed by atoms with Crippen LogP contribution in [-0.2, 0) is 0 Å². The van der Waals surface area contributed by atoms with E-state index in [1.807, 2.05) is 11.8 Å². The molecule has 3 heteroatoms. The van der Waals surface area contributed by atoms with Gasteiger partial charge in [-0.2, -0.15) is 0 Å². The maximum Gasteiger partial charge on any atom is 0.157 e. The van der Waals surface area contributed by atoms with Gasteiger partial charge in [-0.1, -0.05) is 37.4 Å². The second kappa shape index (κ2) is 3.94. The molecule has 90 valence electrons. The van der Waals surface area contributed by atoms with Crippen LogP contribution in [0.3, 0.4) is 0 Å². The first-order valence-corrected chi connectivity index (χ1v) is 7.69. The highest BCUT2D eigenvalue weighted by Crippen LogP contribution is 2.41. The zero-order chi connectivity index (χ0) is 11.1. The van der Waals surface area contributed by atoms with Crippen molar-refractivity contribution >= 4 is 16.9 Å². The third-order valence-corrected chi connectivity index (χ3v) is 5.61. The Hall–Kier alpha value is -0.180. The van der Waals surface area contributed by atoms with Gasteiger partial charge < -0.3 is 5.32 Å². The minimum atomic E-state index is 0.335. The van der Waals surface area contributed by atoms with Gasteiger partial charge in [0, 0.05) is 11.3 Å². The summed E-state index contributed by atoms with van der Waals surface area (Å²) in [5.41, 5.74) is 0.679. The van der Waals surface area contributed by atoms with E-state index in [0.717, 1.165) is 0 Å². The maximum atomic E-state index is 5.00. The van der Waals surface area contributed by atoms with Crippen LogP contribution in [0.2, 0.25) is 0 Å². The van der Waals surface area contributed by atoms with E-state index in [-0.39, 0.29) is 0 Å². The first-order chi connectivity index (χ1) is 7.70. The summed E-state index contributed by atoms with van der Waals surface area (Å²) in [6.07, 6.45) is 10.8. The molecule has 0 radical (unpaired) electrons. The number of amidine groups is 1. The van der Waals surface area contributed by atoms with Crippen LogP contribution in [0.1, 0.15) is 58.3 Å². The third-order valence-electron chi connectivity index (χ3n) is 4.47. The van der Waals surface area contributed by atoms with Crippen molar-refractivity contribution in [3.05, 3.63) is 0 Å². The Balaban J connectivity index is 1.67. The number of nitrogens with zero attached hydrogens (tertiary/aromatic N) is 1. The molecule has 2 saturated carbocycles. The molecular formula is C13H22N2S. The number of hydrogen-bond acceptors (Lipinski definition) is 3. The molecule has 0 aromatic carbocycles. The van der Waals surface area contributed by atoms with Crippen LogP contribution in [0.15, 0.2) is 4.99 Å². The molecule has 0 atom stereocenters. The third kappa shape index (κ3) is 1.99. The highest BCUT2D eigenvalue weighted by atomic mass is 32.2. The van der Waals surface area contributed by atoms with Crippen LogP contribution < -0.4 is 5.32 Å². The summed E-state index contributed by atoms with van der Waals surface area (Å²) in [5, 5.41) is 4.96. The summed E-state index contributed by atoms with van der Waals surface area (Å²) >= 11 is 1.96. The van der Waals surface area contributed by atoms with E-state index < -0.39 is 0 Å². The molecule has 2 fully saturated rings. The minimum Gasteiger partial charge on any atom is -0.360 e. The van der Waals surface area contributed by atoms with E-state index >= 15 is 0 Å². The van der Waals surface area contributed by atoms with Crippen LogP contribution in [0, 0.1) is 0 Å². The molecule has 1 spiro atoms. The van der Waals surface area contributed by atoms with Crippen LogP contribution in [0.5, 0.6) is 0 Å². The Kier molecular flexibility index (Phi) is 2.69. The highest BCUT2D eigenvalue weighted by molar-refractivity contribution is 8.14. The average Bonchev–Trinajstić information content (AvgIpc) is 2.93. The molecule has 0 aromatic rings. The standard InChI is InChI=1S/C13H22N2S/c1-12(6-2-3-7-12)14-11-15-13(10-16-11)8-4-5-9-13/h2-10H2,1H3,(H,14,15). The predicted octanol–water partition coefficient (Wildman–Crippen LogP) is 3.32. The average molecular weight is 238 g/mol. The Morgan fingerprint density at radius 1 is 1.06 bits per heavy atom. The van der Waals surface area contributed by atoms with Crippen molar-refractivity contribution in [3.63, 3.8) is 0 Å². The van der Waals surface area contributed by atoms with Crippen molar-refractivity contribution < 1.29 is 0 Å². The van der Waals surface area contributed by atoms with E-state index in [4.69, 9.17) is 4.99 Å². The molecule has 2 aliphatic carbocycles. The van der Waals surface area contributed by atoms with Gasteiger partial charge >= 0.3 is 0 Å². The van der Waals surface area contributed by atoms with Crippen molar-refractivity contribution in [1.82, 2.24) is 5.32 Å². The van der Waals surface area contributed by atoms with E-state index in [2.05, 4.69) is 12.2 Å². The van der Waals surface area contributed by atoms with Crippen LogP contribution in [-0.4, -0.2) is 22.0 Å². The lowest BCUT2D eigenvalue weighted by Crippen LogP contribution is -2.42. The molecule has 2 nitrogen and oxygen atoms in total. The summed E-state index contributed by atoms with van der Waals surface area (Å²) in [6.45, 7) is 2.36. The Morgan fingerprint density at radius 2 is 1.69 bits per heavy atom. The summed E-state index contributed by atoms with van der Waals surface area (Å²) in [7, 11) is 0. The van der Waals surface area contributed by atoms with Crippen molar-refractivity contribution in [2.24, 2.45) is 4.99 Å². The van der Waals surface area contributed by atoms with Crippen molar-refractivity contribution in [3.8, 4) is 0 Å². The Bertz CT molecular complexity index is 299. The van der Waals surface area contributed by atoms with Crippen molar-refractivity contribution in [2.45, 2.75) is 69.4 Å². The first-order valence-electron chi connectivity index (χ1n) is 6.71. The molecule has 0 bridgehead atoms. The van der Waals surface area contributed by atoms with Gasteiger partial charge in [0.2, 0.25) is 0 Å². The second-order valence-electron chi connectivity index (χ2n) is 6.03. The van der Waals surface area contributed by atoms with E-state index in [9.17, 15) is 0 Å². The Labute approximate surface area is 103 Å². The fraction of sp³-hybridized carbons (Fsp3) is 0.923. The number of nitrogens with one attached hydrogen (secondary N) is 1. The topological polar surface area (TPSA) is 24.4 Å². The summed E-state index contributed by atoms with van der Waals surface area (Å²) in [4.78, 5) is 5.00. The molecular weight excluding hydrogens is 216 g/mol. The number of aliphatic imine (C=N–C) groups is 1. The Morgan fingerprint density at radius 3 is 2.38 bits per heavy atom. The summed E-state index contributed by atoms with van der Waals surface area (Å²) in [5.74, 6) is 1.23. The second-order valence-corrected chi connectivity index (χ2v) is 6.99. The molecule has 1 N–H and O–H groups in total. The highest BCUT2D eigenvalue weighted by Gasteiger charge is 2.40. The van der Waals surface area contributed by atoms with Crippen LogP contribution in [0.4, 0.5) is 0 Å². The number of thioether (sulfide) groups is 1. The monoisotopic (exact) mass is 238 g/mol. The molecule has 3 rings (SSSR count). The van der Waals surface area contributed by atoms with Gasteiger partial charge in [0.05, 0.1) is 5.54 Å². The SMILES string of the molecule is CC1(NC2=NC3(CCCC3)CS2)CCCC1. The lowest BCUT2D eigenvalue weighted by atomic mass is 10.0. The van der Waals surface area contributed by atoms with Crippen LogP contribution >= 0.6 is 11.8 Å². The maximum absolute atomic E-state index is 5.00. The number of rotatable bonds is 1. The largest absolute Gasteiger partial charge is 0.360 e. The number of hydrogen-bond donors (Lipinski definition) is 1. The van der Waals surface area contributed by atoms with Gasteiger partial charge in [-0.25, -0.2) is 0 Å². The van der Waals surface area contributed by atoms with E-state index in [0.29, 0.717) is 11.1 Å². The van der Waals surface area contributed by atoms with Crippen LogP contribution in [0.25, 0.3) is 0 Å². The smallest absolute Gasteiger partial charge is 0.157 e. The minimum absolute atomic E-state index is 0.335. The fourth-order valence-electron chi connectivity index (χ4n) is 3.37. The van der Waals surface area contributed by atoms with Crippen molar-refractivity contribution in [1.29, 1.82) is 0 Å². The zero-order valence-electron chi connectivity index (χ0n) is 10.2. The molecule has 1 aliphatic heterocycles. The van der Waals surface area contributed by atoms with Gasteiger partial charge in [-0.3, -0.25) is 4.99 Å². The van der Waals surface area contributed by atoms with Gasteiger partial charge in [0.25, 0.3) is 0 Å². The summed E-state index contributed by atoms with van der Waals surface area (Å²) in [6, 6.07) is 0. The fourth-order valence-corrected chi connectivity index (χ4v) is 4.71.